The van der Waals surface area contributed by atoms with Crippen LogP contribution in [0.2, 0.25) is 0 Å². The van der Waals surface area contributed by atoms with E-state index in [2.05, 4.69) is 10.6 Å². The van der Waals surface area contributed by atoms with Crippen LogP contribution in [0.3, 0.4) is 0 Å². The van der Waals surface area contributed by atoms with Gasteiger partial charge in [0, 0.05) is 0 Å². The smallest absolute Gasteiger partial charge is 0.322 e. The number of hydrogen-bond donors (Lipinski definition) is 3. The fraction of sp³-hybridized carbons (Fsp3) is 0.357. The average Bonchev–Trinajstić information content (AvgIpc) is 2.44. The lowest BCUT2D eigenvalue weighted by Crippen LogP contribution is -2.39. The number of methoxy groups -OCH3 is 1. The first kappa shape index (κ1) is 16.5. The van der Waals surface area contributed by atoms with Crippen LogP contribution in [0.5, 0.6) is 5.75 Å². The number of rotatable bonds is 7. The fourth-order valence-electron chi connectivity index (χ4n) is 1.64. The third-order valence-electron chi connectivity index (χ3n) is 2.72. The van der Waals surface area contributed by atoms with Gasteiger partial charge in [0.25, 0.3) is 0 Å². The number of hydrogen-bond acceptors (Lipinski definition) is 4. The van der Waals surface area contributed by atoms with Crippen molar-refractivity contribution in [3.05, 3.63) is 29.3 Å². The number of benzene rings is 1. The third kappa shape index (κ3) is 5.94. The number of carboxylic acids is 1. The molecule has 0 saturated heterocycles. The molecule has 2 amide bonds. The van der Waals surface area contributed by atoms with Gasteiger partial charge < -0.3 is 20.5 Å². The molecule has 0 saturated carbocycles. The number of aliphatic carboxylic acids is 1. The van der Waals surface area contributed by atoms with Crippen molar-refractivity contribution in [1.82, 2.24) is 10.6 Å². The van der Waals surface area contributed by atoms with Crippen LogP contribution in [-0.4, -0.2) is 43.1 Å². The van der Waals surface area contributed by atoms with E-state index < -0.39 is 18.4 Å². The van der Waals surface area contributed by atoms with Crippen molar-refractivity contribution < 1.29 is 24.2 Å². The predicted molar refractivity (Wildman–Crippen MR) is 75.1 cm³/mol. The second kappa shape index (κ2) is 7.88. The maximum Gasteiger partial charge on any atom is 0.322 e. The number of ether oxygens (including phenoxy) is 1. The molecule has 0 aliphatic rings. The highest BCUT2D eigenvalue weighted by Crippen LogP contribution is 2.19. The van der Waals surface area contributed by atoms with Gasteiger partial charge in [0.15, 0.2) is 0 Å². The minimum absolute atomic E-state index is 0.114. The number of nitrogens with one attached hydrogen (secondary N) is 2. The van der Waals surface area contributed by atoms with Crippen LogP contribution >= 0.6 is 0 Å². The van der Waals surface area contributed by atoms with E-state index in [9.17, 15) is 14.4 Å². The molecule has 1 aromatic rings. The van der Waals surface area contributed by atoms with Gasteiger partial charge in [-0.15, -0.1) is 0 Å². The van der Waals surface area contributed by atoms with Crippen molar-refractivity contribution in [2.24, 2.45) is 0 Å². The largest absolute Gasteiger partial charge is 0.496 e. The first-order valence-electron chi connectivity index (χ1n) is 6.31. The lowest BCUT2D eigenvalue weighted by Gasteiger charge is -2.08. The van der Waals surface area contributed by atoms with Gasteiger partial charge in [-0.05, 0) is 24.1 Å². The summed E-state index contributed by atoms with van der Waals surface area (Å²) in [5, 5.41) is 13.0. The summed E-state index contributed by atoms with van der Waals surface area (Å²) in [6.45, 7) is 1.18. The van der Waals surface area contributed by atoms with Gasteiger partial charge in [-0.25, -0.2) is 0 Å². The molecule has 0 aliphatic carbocycles. The molecule has 0 atom stereocenters. The third-order valence-corrected chi connectivity index (χ3v) is 2.72. The van der Waals surface area contributed by atoms with Crippen LogP contribution < -0.4 is 15.4 Å². The monoisotopic (exact) mass is 294 g/mol. The van der Waals surface area contributed by atoms with Crippen LogP contribution in [0, 0.1) is 6.92 Å². The number of carbonyl (C=O) groups is 3. The maximum absolute atomic E-state index is 11.7. The summed E-state index contributed by atoms with van der Waals surface area (Å²) in [4.78, 5) is 33.2. The van der Waals surface area contributed by atoms with Crippen molar-refractivity contribution in [3.8, 4) is 5.75 Å². The number of carboxylic acid groups (broad SMARTS) is 1. The van der Waals surface area contributed by atoms with Gasteiger partial charge in [0.2, 0.25) is 11.8 Å². The molecule has 0 heterocycles. The topological polar surface area (TPSA) is 105 Å². The molecule has 3 N–H and O–H groups in total. The van der Waals surface area contributed by atoms with Gasteiger partial charge in [-0.3, -0.25) is 14.4 Å². The maximum atomic E-state index is 11.7. The summed E-state index contributed by atoms with van der Waals surface area (Å²) >= 11 is 0. The van der Waals surface area contributed by atoms with Gasteiger partial charge in [0.1, 0.15) is 12.3 Å². The Labute approximate surface area is 122 Å². The SMILES string of the molecule is COc1cc(CC(=O)NCC(=O)NCC(=O)O)ccc1C. The van der Waals surface area contributed by atoms with E-state index in [1.165, 1.54) is 0 Å². The van der Waals surface area contributed by atoms with Crippen LogP contribution in [-0.2, 0) is 20.8 Å². The van der Waals surface area contributed by atoms with Crippen molar-refractivity contribution in [1.29, 1.82) is 0 Å². The van der Waals surface area contributed by atoms with E-state index in [0.29, 0.717) is 5.75 Å². The Kier molecular flexibility index (Phi) is 6.19. The highest BCUT2D eigenvalue weighted by molar-refractivity contribution is 5.87. The first-order valence-corrected chi connectivity index (χ1v) is 6.31. The zero-order valence-electron chi connectivity index (χ0n) is 11.9. The molecule has 7 heteroatoms. The van der Waals surface area contributed by atoms with E-state index in [0.717, 1.165) is 11.1 Å². The van der Waals surface area contributed by atoms with E-state index in [4.69, 9.17) is 9.84 Å². The Bertz CT molecular complexity index is 542. The number of carbonyl (C=O) groups excluding carboxylic acids is 2. The van der Waals surface area contributed by atoms with Gasteiger partial charge in [-0.2, -0.15) is 0 Å². The predicted octanol–water partition coefficient (Wildman–Crippen LogP) is -0.137. The first-order chi connectivity index (χ1) is 9.92. The Morgan fingerprint density at radius 3 is 2.43 bits per heavy atom. The minimum Gasteiger partial charge on any atom is -0.496 e. The zero-order chi connectivity index (χ0) is 15.8. The Morgan fingerprint density at radius 2 is 1.81 bits per heavy atom. The lowest BCUT2D eigenvalue weighted by molar-refractivity contribution is -0.137. The van der Waals surface area contributed by atoms with Crippen LogP contribution in [0.4, 0.5) is 0 Å². The molecule has 0 spiro atoms. The summed E-state index contributed by atoms with van der Waals surface area (Å²) in [7, 11) is 1.55. The Balaban J connectivity index is 2.43. The molecule has 0 radical (unpaired) electrons. The van der Waals surface area contributed by atoms with Crippen LogP contribution in [0.25, 0.3) is 0 Å². The average molecular weight is 294 g/mol. The molecule has 1 aromatic carbocycles. The molecular formula is C14H18N2O5. The molecule has 0 aromatic heterocycles. The fourth-order valence-corrected chi connectivity index (χ4v) is 1.64. The van der Waals surface area contributed by atoms with E-state index in [1.54, 1.807) is 13.2 Å². The van der Waals surface area contributed by atoms with E-state index in [1.807, 2.05) is 19.1 Å². The number of amides is 2. The summed E-state index contributed by atoms with van der Waals surface area (Å²) in [6.07, 6.45) is 0.114. The van der Waals surface area contributed by atoms with E-state index in [-0.39, 0.29) is 18.9 Å². The van der Waals surface area contributed by atoms with E-state index >= 15 is 0 Å². The normalized spacial score (nSPS) is 9.81. The zero-order valence-corrected chi connectivity index (χ0v) is 11.9. The molecule has 0 unspecified atom stereocenters. The summed E-state index contributed by atoms with van der Waals surface area (Å²) in [5.74, 6) is -1.32. The second-order valence-electron chi connectivity index (χ2n) is 4.43. The molecule has 114 valence electrons. The Hall–Kier alpha value is -2.57. The van der Waals surface area contributed by atoms with Crippen LogP contribution in [0.1, 0.15) is 11.1 Å². The van der Waals surface area contributed by atoms with Gasteiger partial charge in [-0.1, -0.05) is 12.1 Å². The van der Waals surface area contributed by atoms with Crippen molar-refractivity contribution in [2.75, 3.05) is 20.2 Å². The molecule has 1 rings (SSSR count). The summed E-state index contributed by atoms with van der Waals surface area (Å²) in [5.41, 5.74) is 1.73. The molecule has 0 aliphatic heterocycles. The molecule has 0 bridgehead atoms. The Morgan fingerprint density at radius 1 is 1.14 bits per heavy atom. The lowest BCUT2D eigenvalue weighted by atomic mass is 10.1. The van der Waals surface area contributed by atoms with Crippen molar-refractivity contribution >= 4 is 17.8 Å². The van der Waals surface area contributed by atoms with Crippen molar-refractivity contribution in [2.45, 2.75) is 13.3 Å². The molecular weight excluding hydrogens is 276 g/mol. The summed E-state index contributed by atoms with van der Waals surface area (Å²) in [6, 6.07) is 5.42. The van der Waals surface area contributed by atoms with Crippen LogP contribution in [0.15, 0.2) is 18.2 Å². The van der Waals surface area contributed by atoms with Gasteiger partial charge >= 0.3 is 5.97 Å². The standard InChI is InChI=1S/C14H18N2O5/c1-9-3-4-10(5-11(9)21-2)6-12(17)15-7-13(18)16-8-14(19)20/h3-5H,6-8H2,1-2H3,(H,15,17)(H,16,18)(H,19,20). The quantitative estimate of drug-likeness (QED) is 0.649. The second-order valence-corrected chi connectivity index (χ2v) is 4.43. The van der Waals surface area contributed by atoms with Crippen molar-refractivity contribution in [3.63, 3.8) is 0 Å². The molecule has 0 fully saturated rings. The number of aryl methyl sites for hydroxylation is 1. The summed E-state index contributed by atoms with van der Waals surface area (Å²) < 4.78 is 5.17. The van der Waals surface area contributed by atoms with Gasteiger partial charge in [0.05, 0.1) is 20.1 Å². The highest BCUT2D eigenvalue weighted by atomic mass is 16.5. The molecule has 21 heavy (non-hydrogen) atoms. The minimum atomic E-state index is -1.14. The molecule has 7 nitrogen and oxygen atoms in total. The highest BCUT2D eigenvalue weighted by Gasteiger charge is 2.09.